The quantitative estimate of drug-likeness (QED) is 0.0642. The highest BCUT2D eigenvalue weighted by Crippen LogP contribution is 2.32. The number of aliphatic hydroxyl groups is 2. The van der Waals surface area contributed by atoms with E-state index in [0.717, 1.165) is 33.4 Å². The van der Waals surface area contributed by atoms with Gasteiger partial charge in [-0.05, 0) is 109 Å². The van der Waals surface area contributed by atoms with Crippen molar-refractivity contribution >= 4 is 42.1 Å². The average Bonchev–Trinajstić information content (AvgIpc) is 3.08. The van der Waals surface area contributed by atoms with E-state index in [1.54, 1.807) is 13.7 Å². The Morgan fingerprint density at radius 1 is 0.686 bits per heavy atom. The second-order valence-electron chi connectivity index (χ2n) is 14.0. The lowest BCUT2D eigenvalue weighted by atomic mass is 9.60. The maximum atomic E-state index is 11.5. The molecular formula is C40H48BCl2NO7. The Morgan fingerprint density at radius 2 is 1.10 bits per heavy atom. The summed E-state index contributed by atoms with van der Waals surface area (Å²) in [6, 6.07) is 31.0. The first-order valence-electron chi connectivity index (χ1n) is 16.9. The molecule has 11 heteroatoms. The third-order valence-corrected chi connectivity index (χ3v) is 9.57. The molecule has 0 aromatic heterocycles. The number of hydrogen-bond acceptors (Lipinski definition) is 6. The third kappa shape index (κ3) is 12.8. The smallest absolute Gasteiger partial charge is 0.311 e. The van der Waals surface area contributed by atoms with Gasteiger partial charge in [-0.15, -0.1) is 0 Å². The maximum absolute atomic E-state index is 11.5. The summed E-state index contributed by atoms with van der Waals surface area (Å²) in [4.78, 5) is 22.8. The number of aliphatic hydroxyl groups excluding tert-OH is 2. The van der Waals surface area contributed by atoms with E-state index in [9.17, 15) is 35.0 Å². The zero-order valence-electron chi connectivity index (χ0n) is 29.3. The van der Waals surface area contributed by atoms with E-state index in [1.807, 2.05) is 97.1 Å². The zero-order chi connectivity index (χ0) is 37.8. The number of aliphatic carboxylic acids is 2. The summed E-state index contributed by atoms with van der Waals surface area (Å²) in [6.07, 6.45) is 2.20. The molecule has 8 nitrogen and oxygen atoms in total. The zero-order valence-corrected chi connectivity index (χ0v) is 30.8. The first-order chi connectivity index (χ1) is 24.1. The highest BCUT2D eigenvalue weighted by molar-refractivity contribution is 6.48. The monoisotopic (exact) mass is 735 g/mol. The van der Waals surface area contributed by atoms with Gasteiger partial charge in [0, 0.05) is 16.1 Å². The van der Waals surface area contributed by atoms with E-state index in [4.69, 9.17) is 28.9 Å². The van der Waals surface area contributed by atoms with Crippen molar-refractivity contribution in [2.45, 2.75) is 58.7 Å². The summed E-state index contributed by atoms with van der Waals surface area (Å²) in [5, 5.41) is 48.7. The molecule has 0 bridgehead atoms. The third-order valence-electron chi connectivity index (χ3n) is 9.10. The minimum Gasteiger partial charge on any atom is -0.481 e. The Bertz CT molecular complexity index is 1720. The number of halogens is 2. The number of rotatable bonds is 16. The molecule has 7 N–H and O–H groups in total. The molecule has 0 aliphatic carbocycles. The Morgan fingerprint density at radius 3 is 1.47 bits per heavy atom. The fraction of sp³-hybridized carbons (Fsp3) is 0.350. The fourth-order valence-electron chi connectivity index (χ4n) is 6.09. The van der Waals surface area contributed by atoms with Gasteiger partial charge in [0.05, 0.1) is 24.0 Å². The number of carboxylic acids is 2. The first-order valence-corrected chi connectivity index (χ1v) is 17.6. The van der Waals surface area contributed by atoms with Crippen molar-refractivity contribution in [2.75, 3.05) is 13.2 Å². The summed E-state index contributed by atoms with van der Waals surface area (Å²) in [7, 11) is 0. The molecule has 4 rings (SSSR count). The number of nitrogens with two attached hydrogens (primary N) is 1. The summed E-state index contributed by atoms with van der Waals surface area (Å²) >= 11 is 12.1. The predicted molar refractivity (Wildman–Crippen MR) is 206 cm³/mol. The molecule has 0 aliphatic rings. The highest BCUT2D eigenvalue weighted by Gasteiger charge is 2.36. The molecule has 0 spiro atoms. The van der Waals surface area contributed by atoms with Gasteiger partial charge in [-0.3, -0.25) is 9.59 Å². The number of carboxylic acid groups (broad SMARTS) is 2. The average molecular weight is 737 g/mol. The molecule has 272 valence electrons. The molecular weight excluding hydrogens is 688 g/mol. The summed E-state index contributed by atoms with van der Waals surface area (Å²) < 4.78 is 0. The van der Waals surface area contributed by atoms with Crippen LogP contribution in [0.4, 0.5) is 0 Å². The molecule has 0 fully saturated rings. The fourth-order valence-corrected chi connectivity index (χ4v) is 6.47. The molecule has 51 heavy (non-hydrogen) atoms. The van der Waals surface area contributed by atoms with Crippen LogP contribution >= 0.6 is 23.2 Å². The van der Waals surface area contributed by atoms with Gasteiger partial charge in [0.1, 0.15) is 0 Å². The lowest BCUT2D eigenvalue weighted by Crippen LogP contribution is -2.39. The van der Waals surface area contributed by atoms with Crippen molar-refractivity contribution in [3.05, 3.63) is 118 Å². The number of hydrogen-bond donors (Lipinski definition) is 6. The minimum atomic E-state index is -1.21. The molecule has 0 amide bonds. The molecule has 4 aromatic rings. The predicted octanol–water partition coefficient (Wildman–Crippen LogP) is 7.60. The molecule has 0 aliphatic heterocycles. The van der Waals surface area contributed by atoms with Gasteiger partial charge in [0.15, 0.2) is 0 Å². The van der Waals surface area contributed by atoms with Crippen molar-refractivity contribution in [3.8, 4) is 22.3 Å². The van der Waals surface area contributed by atoms with E-state index < -0.39 is 42.9 Å². The summed E-state index contributed by atoms with van der Waals surface area (Å²) in [5.74, 6) is -2.09. The molecule has 0 heterocycles. The van der Waals surface area contributed by atoms with Crippen LogP contribution in [0, 0.1) is 16.7 Å². The highest BCUT2D eigenvalue weighted by atomic mass is 35.5. The Labute approximate surface area is 311 Å². The first kappa shape index (κ1) is 41.7. The van der Waals surface area contributed by atoms with Gasteiger partial charge in [-0.2, -0.15) is 0 Å². The van der Waals surface area contributed by atoms with Gasteiger partial charge in [-0.1, -0.05) is 103 Å². The van der Waals surface area contributed by atoms with Crippen LogP contribution in [0.1, 0.15) is 37.8 Å². The Kier molecular flexibility index (Phi) is 15.7. The van der Waals surface area contributed by atoms with Crippen LogP contribution in [0.3, 0.4) is 0 Å². The van der Waals surface area contributed by atoms with E-state index in [0.29, 0.717) is 35.6 Å². The Balaban J connectivity index is 0.000000277. The van der Waals surface area contributed by atoms with Gasteiger partial charge in [0.2, 0.25) is 0 Å². The van der Waals surface area contributed by atoms with Crippen LogP contribution in [-0.2, 0) is 22.4 Å². The maximum Gasteiger partial charge on any atom is 0.311 e. The van der Waals surface area contributed by atoms with Crippen molar-refractivity contribution in [1.29, 1.82) is 0 Å². The van der Waals surface area contributed by atoms with Crippen LogP contribution in [0.15, 0.2) is 97.1 Å². The lowest BCUT2D eigenvalue weighted by Gasteiger charge is -2.28. The molecule has 4 aromatic carbocycles. The van der Waals surface area contributed by atoms with Crippen molar-refractivity contribution in [3.63, 3.8) is 0 Å². The van der Waals surface area contributed by atoms with Gasteiger partial charge < -0.3 is 31.2 Å². The van der Waals surface area contributed by atoms with E-state index >= 15 is 0 Å². The number of benzene rings is 4. The largest absolute Gasteiger partial charge is 0.481 e. The Hall–Kier alpha value is -3.70. The second-order valence-corrected chi connectivity index (χ2v) is 14.9. The topological polar surface area (TPSA) is 161 Å². The van der Waals surface area contributed by atoms with Gasteiger partial charge >= 0.3 is 11.9 Å². The van der Waals surface area contributed by atoms with Crippen LogP contribution in [-0.4, -0.2) is 63.6 Å². The number of carbonyl (C=O) groups is 2. The molecule has 0 saturated carbocycles. The van der Waals surface area contributed by atoms with Crippen molar-refractivity contribution in [2.24, 2.45) is 22.5 Å². The molecule has 0 radical (unpaired) electrons. The van der Waals surface area contributed by atoms with Gasteiger partial charge in [-0.25, -0.2) is 0 Å². The van der Waals surface area contributed by atoms with Crippen LogP contribution in [0.2, 0.25) is 23.2 Å². The molecule has 0 saturated heterocycles. The second kappa shape index (κ2) is 19.2. The van der Waals surface area contributed by atoms with Crippen molar-refractivity contribution in [1.82, 2.24) is 0 Å². The van der Waals surface area contributed by atoms with E-state index in [1.165, 1.54) is 6.92 Å². The van der Waals surface area contributed by atoms with Gasteiger partial charge in [0.25, 0.3) is 6.92 Å². The molecule has 0 unspecified atom stereocenters. The summed E-state index contributed by atoms with van der Waals surface area (Å²) in [6.45, 7) is 3.38. The van der Waals surface area contributed by atoms with Crippen LogP contribution < -0.4 is 5.73 Å². The summed E-state index contributed by atoms with van der Waals surface area (Å²) in [5.41, 5.74) is 9.94. The van der Waals surface area contributed by atoms with Crippen LogP contribution in [0.5, 0.6) is 0 Å². The normalized spacial score (nSPS) is 14.6. The SMILES string of the molecule is CB(O)C[C@H](Cc1ccc(-c2cccc(Cl)c2)cc1)C[C@@](C)(CO)C(=O)O.C[C@@](CO)(C[C@H](N)Cc1ccc(-c2cccc(Cl)c2)cc1)C(=O)O. The van der Waals surface area contributed by atoms with Crippen LogP contribution in [0.25, 0.3) is 22.3 Å². The van der Waals surface area contributed by atoms with E-state index in [-0.39, 0.29) is 18.4 Å². The van der Waals surface area contributed by atoms with Crippen molar-refractivity contribution < 1.29 is 35.0 Å². The van der Waals surface area contributed by atoms with E-state index in [2.05, 4.69) is 0 Å². The lowest BCUT2D eigenvalue weighted by molar-refractivity contribution is -0.152. The molecule has 4 atom stereocenters. The minimum absolute atomic E-state index is 0.0460. The standard InChI is InChI=1S/C21H26BClO4.C19H22ClNO3/c1-21(14-24,20(25)26)12-16(13-22(2)27)10-15-6-8-17(9-7-15)18-4-3-5-19(23)11-18;1-19(12-22,18(23)24)11-17(21)9-13-5-7-14(8-6-13)15-3-2-4-16(20)10-15/h3-9,11,16,24,27H,10,12-14H2,1-2H3,(H,25,26);2-8,10,17,22H,9,11-12,21H2,1H3,(H,23,24)/t16-,21+;17-,19+/m11/s1.